The Hall–Kier alpha value is -1.05. The number of unbranched alkanes of at least 4 members (excludes halogenated alkanes) is 1. The standard InChI is InChI=1S/C14H25NO/c1-4-6-7-8-9-10-11-14(16)15-12-13(3)5-2/h6-7,10-11,13H,4-5,8-9,12H2,1-3H3,(H,15,16)/b7-6-,11-10+. The molecule has 1 atom stereocenters. The molecule has 0 rings (SSSR count). The molecule has 0 aliphatic carbocycles. The van der Waals surface area contributed by atoms with Crippen molar-refractivity contribution in [3.05, 3.63) is 24.3 Å². The van der Waals surface area contributed by atoms with E-state index in [1.54, 1.807) is 6.08 Å². The monoisotopic (exact) mass is 223 g/mol. The molecule has 1 N–H and O–H groups in total. The van der Waals surface area contributed by atoms with E-state index < -0.39 is 0 Å². The zero-order chi connectivity index (χ0) is 12.2. The molecule has 0 aromatic carbocycles. The number of carbonyl (C=O) groups is 1. The van der Waals surface area contributed by atoms with Gasteiger partial charge in [0.15, 0.2) is 0 Å². The van der Waals surface area contributed by atoms with E-state index in [1.165, 1.54) is 0 Å². The van der Waals surface area contributed by atoms with E-state index >= 15 is 0 Å². The van der Waals surface area contributed by atoms with Gasteiger partial charge in [-0.25, -0.2) is 0 Å². The second-order valence-electron chi connectivity index (χ2n) is 4.12. The van der Waals surface area contributed by atoms with Crippen molar-refractivity contribution in [3.8, 4) is 0 Å². The predicted octanol–water partition coefficient (Wildman–Crippen LogP) is 3.45. The zero-order valence-corrected chi connectivity index (χ0v) is 10.8. The Morgan fingerprint density at radius 2 is 1.88 bits per heavy atom. The van der Waals surface area contributed by atoms with Crippen LogP contribution in [-0.2, 0) is 4.79 Å². The minimum atomic E-state index is 0.0276. The SMILES string of the molecule is CC/C=C\CC/C=C/C(=O)NCC(C)CC. The van der Waals surface area contributed by atoms with Crippen LogP contribution < -0.4 is 5.32 Å². The van der Waals surface area contributed by atoms with Crippen LogP contribution in [0.3, 0.4) is 0 Å². The van der Waals surface area contributed by atoms with Crippen molar-refractivity contribution in [2.45, 2.75) is 46.5 Å². The minimum Gasteiger partial charge on any atom is -0.352 e. The summed E-state index contributed by atoms with van der Waals surface area (Å²) in [7, 11) is 0. The molecule has 1 amide bonds. The Bertz CT molecular complexity index is 231. The lowest BCUT2D eigenvalue weighted by Gasteiger charge is -2.07. The summed E-state index contributed by atoms with van der Waals surface area (Å²) in [4.78, 5) is 11.3. The first-order valence-corrected chi connectivity index (χ1v) is 6.30. The first-order valence-electron chi connectivity index (χ1n) is 6.30. The normalized spacial score (nSPS) is 13.4. The van der Waals surface area contributed by atoms with Crippen molar-refractivity contribution in [1.82, 2.24) is 5.32 Å². The van der Waals surface area contributed by atoms with Crippen molar-refractivity contribution in [1.29, 1.82) is 0 Å². The molecular weight excluding hydrogens is 198 g/mol. The van der Waals surface area contributed by atoms with E-state index in [2.05, 4.69) is 38.2 Å². The number of hydrogen-bond donors (Lipinski definition) is 1. The highest BCUT2D eigenvalue weighted by molar-refractivity contribution is 5.87. The molecule has 2 heteroatoms. The molecule has 16 heavy (non-hydrogen) atoms. The summed E-state index contributed by atoms with van der Waals surface area (Å²) >= 11 is 0. The summed E-state index contributed by atoms with van der Waals surface area (Å²) in [6.45, 7) is 7.16. The molecule has 2 nitrogen and oxygen atoms in total. The summed E-state index contributed by atoms with van der Waals surface area (Å²) in [6.07, 6.45) is 12.0. The van der Waals surface area contributed by atoms with Crippen LogP contribution in [0.4, 0.5) is 0 Å². The maximum absolute atomic E-state index is 11.3. The van der Waals surface area contributed by atoms with E-state index in [0.29, 0.717) is 5.92 Å². The van der Waals surface area contributed by atoms with E-state index in [-0.39, 0.29) is 5.91 Å². The molecular formula is C14H25NO. The fraction of sp³-hybridized carbons (Fsp3) is 0.643. The third-order valence-electron chi connectivity index (χ3n) is 2.49. The number of rotatable bonds is 8. The molecule has 0 heterocycles. The van der Waals surface area contributed by atoms with Crippen LogP contribution in [0.2, 0.25) is 0 Å². The molecule has 0 aliphatic rings. The van der Waals surface area contributed by atoms with Gasteiger partial charge in [-0.15, -0.1) is 0 Å². The van der Waals surface area contributed by atoms with Crippen LogP contribution in [0.25, 0.3) is 0 Å². The van der Waals surface area contributed by atoms with Gasteiger partial charge < -0.3 is 5.32 Å². The molecule has 0 bridgehead atoms. The van der Waals surface area contributed by atoms with Crippen LogP contribution in [0.5, 0.6) is 0 Å². The summed E-state index contributed by atoms with van der Waals surface area (Å²) < 4.78 is 0. The lowest BCUT2D eigenvalue weighted by Crippen LogP contribution is -2.26. The van der Waals surface area contributed by atoms with Gasteiger partial charge in [0.1, 0.15) is 0 Å². The Morgan fingerprint density at radius 3 is 2.50 bits per heavy atom. The number of amides is 1. The maximum Gasteiger partial charge on any atom is 0.243 e. The molecule has 92 valence electrons. The molecule has 0 fully saturated rings. The average Bonchev–Trinajstić information content (AvgIpc) is 2.30. The van der Waals surface area contributed by atoms with Gasteiger partial charge in [0.05, 0.1) is 0 Å². The summed E-state index contributed by atoms with van der Waals surface area (Å²) in [5.41, 5.74) is 0. The molecule has 0 aromatic rings. The molecule has 0 saturated carbocycles. The average molecular weight is 223 g/mol. The van der Waals surface area contributed by atoms with E-state index in [9.17, 15) is 4.79 Å². The van der Waals surface area contributed by atoms with Gasteiger partial charge in [0.2, 0.25) is 5.91 Å². The smallest absolute Gasteiger partial charge is 0.243 e. The molecule has 0 spiro atoms. The number of allylic oxidation sites excluding steroid dienone is 3. The number of hydrogen-bond acceptors (Lipinski definition) is 1. The van der Waals surface area contributed by atoms with Gasteiger partial charge in [-0.1, -0.05) is 45.4 Å². The lowest BCUT2D eigenvalue weighted by molar-refractivity contribution is -0.116. The minimum absolute atomic E-state index is 0.0276. The van der Waals surface area contributed by atoms with Crippen molar-refractivity contribution in [2.24, 2.45) is 5.92 Å². The zero-order valence-electron chi connectivity index (χ0n) is 10.8. The predicted molar refractivity (Wildman–Crippen MR) is 70.3 cm³/mol. The largest absolute Gasteiger partial charge is 0.352 e. The van der Waals surface area contributed by atoms with Crippen LogP contribution in [-0.4, -0.2) is 12.5 Å². The third-order valence-corrected chi connectivity index (χ3v) is 2.49. The second-order valence-corrected chi connectivity index (χ2v) is 4.12. The lowest BCUT2D eigenvalue weighted by atomic mass is 10.1. The highest BCUT2D eigenvalue weighted by Crippen LogP contribution is 1.97. The molecule has 0 saturated heterocycles. The summed E-state index contributed by atoms with van der Waals surface area (Å²) in [6, 6.07) is 0. The number of nitrogens with one attached hydrogen (secondary N) is 1. The van der Waals surface area contributed by atoms with Gasteiger partial charge >= 0.3 is 0 Å². The Balaban J connectivity index is 3.55. The highest BCUT2D eigenvalue weighted by Gasteiger charge is 1.99. The van der Waals surface area contributed by atoms with Gasteiger partial charge in [0.25, 0.3) is 0 Å². The molecule has 0 aromatic heterocycles. The van der Waals surface area contributed by atoms with Crippen LogP contribution in [0.15, 0.2) is 24.3 Å². The highest BCUT2D eigenvalue weighted by atomic mass is 16.1. The summed E-state index contributed by atoms with van der Waals surface area (Å²) in [5.74, 6) is 0.588. The van der Waals surface area contributed by atoms with E-state index in [4.69, 9.17) is 0 Å². The van der Waals surface area contributed by atoms with Crippen LogP contribution in [0.1, 0.15) is 46.5 Å². The van der Waals surface area contributed by atoms with Crippen LogP contribution in [0, 0.1) is 5.92 Å². The molecule has 1 unspecified atom stereocenters. The topological polar surface area (TPSA) is 29.1 Å². The number of carbonyl (C=O) groups excluding carboxylic acids is 1. The Morgan fingerprint density at radius 1 is 1.19 bits per heavy atom. The Kier molecular flexibility index (Phi) is 9.78. The van der Waals surface area contributed by atoms with E-state index in [0.717, 1.165) is 32.2 Å². The first-order chi connectivity index (χ1) is 7.70. The van der Waals surface area contributed by atoms with Crippen LogP contribution >= 0.6 is 0 Å². The van der Waals surface area contributed by atoms with Gasteiger partial charge in [-0.2, -0.15) is 0 Å². The van der Waals surface area contributed by atoms with Crippen molar-refractivity contribution in [2.75, 3.05) is 6.54 Å². The fourth-order valence-corrected chi connectivity index (χ4v) is 1.15. The first kappa shape index (κ1) is 14.9. The quantitative estimate of drug-likeness (QED) is 0.381. The van der Waals surface area contributed by atoms with Crippen molar-refractivity contribution < 1.29 is 4.79 Å². The van der Waals surface area contributed by atoms with Crippen molar-refractivity contribution in [3.63, 3.8) is 0 Å². The Labute approximate surface area is 99.8 Å². The second kappa shape index (κ2) is 10.5. The summed E-state index contributed by atoms with van der Waals surface area (Å²) in [5, 5.41) is 2.89. The van der Waals surface area contributed by atoms with Gasteiger partial charge in [-0.05, 0) is 31.3 Å². The fourth-order valence-electron chi connectivity index (χ4n) is 1.15. The van der Waals surface area contributed by atoms with Crippen molar-refractivity contribution >= 4 is 5.91 Å². The van der Waals surface area contributed by atoms with E-state index in [1.807, 2.05) is 6.08 Å². The molecule has 0 aliphatic heterocycles. The third kappa shape index (κ3) is 9.50. The van der Waals surface area contributed by atoms with Gasteiger partial charge in [-0.3, -0.25) is 4.79 Å². The maximum atomic E-state index is 11.3. The molecule has 0 radical (unpaired) electrons. The van der Waals surface area contributed by atoms with Gasteiger partial charge in [0, 0.05) is 6.54 Å².